The summed E-state index contributed by atoms with van der Waals surface area (Å²) in [5, 5.41) is 39.7. The fraction of sp³-hybridized carbons (Fsp3) is 1.00. The molecule has 0 aliphatic carbocycles. The summed E-state index contributed by atoms with van der Waals surface area (Å²) >= 11 is 0. The molecule has 0 aromatic heterocycles. The highest BCUT2D eigenvalue weighted by molar-refractivity contribution is 4.32. The van der Waals surface area contributed by atoms with Gasteiger partial charge in [-0.05, 0) is 39.5 Å². The lowest BCUT2D eigenvalue weighted by molar-refractivity contribution is 0.216. The van der Waals surface area contributed by atoms with E-state index in [0.717, 1.165) is 19.3 Å². The number of aliphatic hydroxyl groups excluding tert-OH is 5. The Morgan fingerprint density at radius 2 is 0.952 bits per heavy atom. The summed E-state index contributed by atoms with van der Waals surface area (Å²) in [5.74, 6) is 0.440. The van der Waals surface area contributed by atoms with Gasteiger partial charge < -0.3 is 25.5 Å². The molecule has 0 aliphatic rings. The van der Waals surface area contributed by atoms with Crippen molar-refractivity contribution in [2.75, 3.05) is 26.4 Å². The molecule has 136 valence electrons. The van der Waals surface area contributed by atoms with Gasteiger partial charge in [0.1, 0.15) is 0 Å². The first-order valence-electron chi connectivity index (χ1n) is 7.86. The molecule has 0 radical (unpaired) electrons. The zero-order chi connectivity index (χ0) is 18.1. The summed E-state index contributed by atoms with van der Waals surface area (Å²) in [6, 6.07) is 0. The topological polar surface area (TPSA) is 101 Å². The third-order valence-corrected chi connectivity index (χ3v) is 1.10. The van der Waals surface area contributed by atoms with Crippen LogP contribution in [0, 0.1) is 5.92 Å². The summed E-state index contributed by atoms with van der Waals surface area (Å²) in [7, 11) is 0. The Hall–Kier alpha value is -0.200. The van der Waals surface area contributed by atoms with Gasteiger partial charge in [0.25, 0.3) is 0 Å². The van der Waals surface area contributed by atoms with Crippen molar-refractivity contribution in [2.24, 2.45) is 5.92 Å². The first-order chi connectivity index (χ1) is 9.74. The molecule has 0 heterocycles. The van der Waals surface area contributed by atoms with E-state index in [1.54, 1.807) is 20.8 Å². The maximum atomic E-state index is 8.14. The zero-order valence-corrected chi connectivity index (χ0v) is 15.3. The van der Waals surface area contributed by atoms with E-state index in [9.17, 15) is 0 Å². The smallest absolute Gasteiger partial charge is 0.0483 e. The molecule has 0 aromatic carbocycles. The van der Waals surface area contributed by atoms with E-state index >= 15 is 0 Å². The van der Waals surface area contributed by atoms with Crippen LogP contribution in [0.2, 0.25) is 0 Å². The second kappa shape index (κ2) is 42.7. The van der Waals surface area contributed by atoms with Crippen molar-refractivity contribution in [3.8, 4) is 0 Å². The van der Waals surface area contributed by atoms with Gasteiger partial charge in [-0.25, -0.2) is 0 Å². The quantitative estimate of drug-likeness (QED) is 0.547. The predicted octanol–water partition coefficient (Wildman–Crippen LogP) is 2.19. The van der Waals surface area contributed by atoms with Crippen LogP contribution in [0.5, 0.6) is 0 Å². The van der Waals surface area contributed by atoms with E-state index < -0.39 is 0 Å². The monoisotopic (exact) mass is 314 g/mol. The van der Waals surface area contributed by atoms with Crippen molar-refractivity contribution in [1.82, 2.24) is 0 Å². The Kier molecular flexibility index (Phi) is 66.4. The fourth-order valence-corrected chi connectivity index (χ4v) is 0.158. The van der Waals surface area contributed by atoms with Gasteiger partial charge in [0.2, 0.25) is 0 Å². The summed E-state index contributed by atoms with van der Waals surface area (Å²) in [6.07, 6.45) is 2.75. The molecule has 0 amide bonds. The highest BCUT2D eigenvalue weighted by atomic mass is 16.3. The Morgan fingerprint density at radius 3 is 0.952 bits per heavy atom. The average Bonchev–Trinajstić information content (AvgIpc) is 2.41. The molecule has 0 unspecified atom stereocenters. The molecule has 0 aromatic rings. The maximum Gasteiger partial charge on any atom is 0.0483 e. The highest BCUT2D eigenvalue weighted by Crippen LogP contribution is 1.83. The first kappa shape index (κ1) is 32.7. The molecular formula is C16H42O5. The Labute approximate surface area is 132 Å². The van der Waals surface area contributed by atoms with E-state index in [1.807, 2.05) is 20.8 Å². The summed E-state index contributed by atoms with van der Waals surface area (Å²) in [4.78, 5) is 0. The molecule has 5 nitrogen and oxygen atoms in total. The predicted molar refractivity (Wildman–Crippen MR) is 91.4 cm³/mol. The summed E-state index contributed by atoms with van der Waals surface area (Å²) in [5.41, 5.74) is 0. The minimum absolute atomic E-state index is 0.167. The van der Waals surface area contributed by atoms with Gasteiger partial charge in [-0.3, -0.25) is 0 Å². The van der Waals surface area contributed by atoms with Gasteiger partial charge in [-0.15, -0.1) is 0 Å². The Balaban J connectivity index is -0.0000000514. The van der Waals surface area contributed by atoms with Crippen molar-refractivity contribution >= 4 is 0 Å². The van der Waals surface area contributed by atoms with Gasteiger partial charge in [0, 0.05) is 32.5 Å². The van der Waals surface area contributed by atoms with Crippen LogP contribution in [-0.4, -0.2) is 58.1 Å². The van der Waals surface area contributed by atoms with Crippen molar-refractivity contribution in [3.63, 3.8) is 0 Å². The molecule has 0 spiro atoms. The van der Waals surface area contributed by atoms with Crippen LogP contribution >= 0.6 is 0 Å². The van der Waals surface area contributed by atoms with Crippen molar-refractivity contribution in [3.05, 3.63) is 0 Å². The summed E-state index contributed by atoms with van der Waals surface area (Å²) < 4.78 is 0. The van der Waals surface area contributed by atoms with Crippen LogP contribution in [0.15, 0.2) is 0 Å². The fourth-order valence-electron chi connectivity index (χ4n) is 0.158. The third-order valence-electron chi connectivity index (χ3n) is 1.10. The van der Waals surface area contributed by atoms with Gasteiger partial charge in [0.15, 0.2) is 0 Å². The number of aliphatic hydroxyl groups is 5. The Bertz CT molecular complexity index is 102. The highest BCUT2D eigenvalue weighted by Gasteiger charge is 1.81. The lowest BCUT2D eigenvalue weighted by Gasteiger charge is -1.90. The molecular weight excluding hydrogens is 272 g/mol. The third kappa shape index (κ3) is 272. The number of unbranched alkanes of at least 4 members (excludes halogenated alkanes) is 1. The lowest BCUT2D eigenvalue weighted by Crippen LogP contribution is -1.90. The van der Waals surface area contributed by atoms with Crippen LogP contribution in [-0.2, 0) is 0 Å². The second-order valence-electron chi connectivity index (χ2n) is 4.79. The van der Waals surface area contributed by atoms with E-state index in [-0.39, 0.29) is 12.7 Å². The molecule has 0 rings (SSSR count). The van der Waals surface area contributed by atoms with E-state index in [2.05, 4.69) is 6.92 Å². The zero-order valence-electron chi connectivity index (χ0n) is 15.3. The average molecular weight is 315 g/mol. The van der Waals surface area contributed by atoms with Gasteiger partial charge in [-0.1, -0.05) is 34.1 Å². The van der Waals surface area contributed by atoms with Crippen LogP contribution < -0.4 is 0 Å². The molecule has 0 saturated heterocycles. The largest absolute Gasteiger partial charge is 0.397 e. The Morgan fingerprint density at radius 1 is 0.714 bits per heavy atom. The number of rotatable bonds is 4. The van der Waals surface area contributed by atoms with Crippen LogP contribution in [0.4, 0.5) is 0 Å². The van der Waals surface area contributed by atoms with Gasteiger partial charge >= 0.3 is 0 Å². The standard InChI is InChI=1S/2C4H10O.2C3H8O.C2H6O/c1-4(2)3-5;1-2-3-4-5;1-3(2)4;1-2-3-4;1-2-3/h4-5H,3H2,1-2H3;5H,2-4H2,1H3;3-4H,1-2H3;4H,2-3H2,1H3;3H,2H2,1H3. The summed E-state index contributed by atoms with van der Waals surface area (Å²) in [6.45, 7) is 14.3. The van der Waals surface area contributed by atoms with Gasteiger partial charge in [0.05, 0.1) is 0 Å². The normalized spacial score (nSPS) is 8.29. The molecule has 5 heteroatoms. The van der Waals surface area contributed by atoms with Crippen LogP contribution in [0.25, 0.3) is 0 Å². The van der Waals surface area contributed by atoms with Crippen LogP contribution in [0.1, 0.15) is 67.7 Å². The van der Waals surface area contributed by atoms with Crippen LogP contribution in [0.3, 0.4) is 0 Å². The SMILES string of the molecule is CC(C)CO.CC(C)O.CCCCO.CCCO.CCO. The maximum absolute atomic E-state index is 8.14. The lowest BCUT2D eigenvalue weighted by atomic mass is 10.2. The molecule has 21 heavy (non-hydrogen) atoms. The van der Waals surface area contributed by atoms with E-state index in [4.69, 9.17) is 25.5 Å². The van der Waals surface area contributed by atoms with Crippen molar-refractivity contribution < 1.29 is 25.5 Å². The minimum Gasteiger partial charge on any atom is -0.397 e. The van der Waals surface area contributed by atoms with E-state index in [1.165, 1.54) is 0 Å². The van der Waals surface area contributed by atoms with Gasteiger partial charge in [-0.2, -0.15) is 0 Å². The molecule has 0 fully saturated rings. The second-order valence-corrected chi connectivity index (χ2v) is 4.79. The van der Waals surface area contributed by atoms with E-state index in [0.29, 0.717) is 25.7 Å². The first-order valence-corrected chi connectivity index (χ1v) is 7.86. The van der Waals surface area contributed by atoms with Crippen molar-refractivity contribution in [1.29, 1.82) is 0 Å². The minimum atomic E-state index is -0.167. The molecule has 0 bridgehead atoms. The number of hydrogen-bond donors (Lipinski definition) is 5. The molecule has 0 atom stereocenters. The molecule has 0 saturated carbocycles. The number of hydrogen-bond acceptors (Lipinski definition) is 5. The molecule has 0 aliphatic heterocycles. The molecule has 5 N–H and O–H groups in total. The van der Waals surface area contributed by atoms with Crippen molar-refractivity contribution in [2.45, 2.75) is 73.8 Å².